The van der Waals surface area contributed by atoms with Crippen molar-refractivity contribution in [3.8, 4) is 0 Å². The van der Waals surface area contributed by atoms with E-state index in [1.807, 2.05) is 13.8 Å². The number of nitrogens with zero attached hydrogens (tertiary/aromatic N) is 7. The molecular weight excluding hydrogens is 356 g/mol. The molecule has 26 heavy (non-hydrogen) atoms. The van der Waals surface area contributed by atoms with Crippen molar-refractivity contribution in [2.75, 3.05) is 47.0 Å². The molecule has 0 unspecified atom stereocenters. The van der Waals surface area contributed by atoms with Crippen LogP contribution in [0.4, 0.5) is 23.8 Å². The van der Waals surface area contributed by atoms with Gasteiger partial charge in [0.1, 0.15) is 0 Å². The second-order valence-electron chi connectivity index (χ2n) is 5.21. The number of anilines is 4. The molecule has 0 amide bonds. The Kier molecular flexibility index (Phi) is 7.52. The average molecular weight is 381 g/mol. The number of hydrogen-bond donors (Lipinski definition) is 3. The first kappa shape index (κ1) is 19.8. The van der Waals surface area contributed by atoms with Crippen molar-refractivity contribution in [1.29, 1.82) is 0 Å². The van der Waals surface area contributed by atoms with Gasteiger partial charge < -0.3 is 20.9 Å². The summed E-state index contributed by atoms with van der Waals surface area (Å²) < 4.78 is 0. The monoisotopic (exact) mass is 380 g/mol. The van der Waals surface area contributed by atoms with E-state index in [-0.39, 0.29) is 5.28 Å². The minimum Gasteiger partial charge on any atom is -0.354 e. The highest BCUT2D eigenvalue weighted by atomic mass is 35.5. The largest absolute Gasteiger partial charge is 0.354 e. The van der Waals surface area contributed by atoms with Crippen molar-refractivity contribution in [3.05, 3.63) is 11.1 Å². The summed E-state index contributed by atoms with van der Waals surface area (Å²) in [5.74, 6) is 2.54. The Balaban J connectivity index is 2.20. The highest BCUT2D eigenvalue weighted by molar-refractivity contribution is 6.28. The van der Waals surface area contributed by atoms with Gasteiger partial charge in [-0.25, -0.2) is 0 Å². The Bertz CT molecular complexity index is 707. The van der Waals surface area contributed by atoms with Gasteiger partial charge in [-0.05, 0) is 39.3 Å². The van der Waals surface area contributed by atoms with Crippen molar-refractivity contribution in [3.63, 3.8) is 0 Å². The van der Waals surface area contributed by atoms with Crippen LogP contribution < -0.4 is 20.9 Å². The molecule has 2 heterocycles. The van der Waals surface area contributed by atoms with Crippen LogP contribution in [-0.2, 0) is 6.54 Å². The summed E-state index contributed by atoms with van der Waals surface area (Å²) in [6.07, 6.45) is 0. The summed E-state index contributed by atoms with van der Waals surface area (Å²) >= 11 is 5.94. The van der Waals surface area contributed by atoms with E-state index >= 15 is 0 Å². The average Bonchev–Trinajstić information content (AvgIpc) is 2.61. The lowest BCUT2D eigenvalue weighted by Gasteiger charge is -2.19. The lowest BCUT2D eigenvalue weighted by molar-refractivity contribution is 0.789. The Morgan fingerprint density at radius 1 is 0.731 bits per heavy atom. The van der Waals surface area contributed by atoms with E-state index in [1.54, 1.807) is 0 Å². The smallest absolute Gasteiger partial charge is 0.230 e. The first-order valence-electron chi connectivity index (χ1n) is 8.72. The minimum absolute atomic E-state index is 0.117. The molecule has 0 aromatic carbocycles. The topological polar surface area (TPSA) is 117 Å². The Morgan fingerprint density at radius 2 is 1.31 bits per heavy atom. The van der Waals surface area contributed by atoms with Gasteiger partial charge in [0, 0.05) is 26.2 Å². The molecule has 0 bridgehead atoms. The van der Waals surface area contributed by atoms with Crippen LogP contribution in [0.3, 0.4) is 0 Å². The van der Waals surface area contributed by atoms with E-state index in [2.05, 4.69) is 64.6 Å². The number of nitrogens with one attached hydrogen (secondary N) is 3. The molecule has 0 aliphatic heterocycles. The molecule has 0 saturated heterocycles. The zero-order chi connectivity index (χ0) is 18.9. The van der Waals surface area contributed by atoms with Crippen molar-refractivity contribution in [1.82, 2.24) is 29.9 Å². The molecule has 2 rings (SSSR count). The van der Waals surface area contributed by atoms with Gasteiger partial charge in [0.25, 0.3) is 0 Å². The molecule has 0 aliphatic carbocycles. The number of hydrogen-bond acceptors (Lipinski definition) is 10. The van der Waals surface area contributed by atoms with Crippen molar-refractivity contribution >= 4 is 35.4 Å². The highest BCUT2D eigenvalue weighted by Gasteiger charge is 2.12. The van der Waals surface area contributed by atoms with Crippen LogP contribution in [-0.4, -0.2) is 56.1 Å². The van der Waals surface area contributed by atoms with Gasteiger partial charge in [-0.2, -0.15) is 29.9 Å². The van der Waals surface area contributed by atoms with E-state index in [4.69, 9.17) is 11.6 Å². The van der Waals surface area contributed by atoms with Crippen LogP contribution in [0.15, 0.2) is 0 Å². The summed E-state index contributed by atoms with van der Waals surface area (Å²) in [6, 6.07) is 0. The molecule has 0 atom stereocenters. The van der Waals surface area contributed by atoms with Gasteiger partial charge in [-0.1, -0.05) is 0 Å². The van der Waals surface area contributed by atoms with E-state index in [0.29, 0.717) is 42.7 Å². The maximum atomic E-state index is 5.94. The lowest BCUT2D eigenvalue weighted by Crippen LogP contribution is -2.26. The molecule has 11 heteroatoms. The molecule has 0 fully saturated rings. The van der Waals surface area contributed by atoms with Crippen molar-refractivity contribution in [2.24, 2.45) is 0 Å². The van der Waals surface area contributed by atoms with E-state index < -0.39 is 0 Å². The predicted molar refractivity (Wildman–Crippen MR) is 104 cm³/mol. The third kappa shape index (κ3) is 5.51. The fourth-order valence-electron chi connectivity index (χ4n) is 2.20. The van der Waals surface area contributed by atoms with Crippen LogP contribution in [0.1, 0.15) is 33.5 Å². The second-order valence-corrected chi connectivity index (χ2v) is 5.55. The fourth-order valence-corrected chi connectivity index (χ4v) is 2.36. The summed E-state index contributed by atoms with van der Waals surface area (Å²) in [4.78, 5) is 27.8. The molecule has 0 saturated carbocycles. The maximum Gasteiger partial charge on any atom is 0.230 e. The SMILES string of the molecule is CCNc1nc(Cl)nc(NCc2nc(NCC)nc(N(CC)CC)n2)n1. The molecule has 2 aromatic rings. The van der Waals surface area contributed by atoms with Gasteiger partial charge in [-0.15, -0.1) is 0 Å². The van der Waals surface area contributed by atoms with Gasteiger partial charge >= 0.3 is 0 Å². The van der Waals surface area contributed by atoms with Gasteiger partial charge in [0.05, 0.1) is 6.54 Å². The fraction of sp³-hybridized carbons (Fsp3) is 0.600. The van der Waals surface area contributed by atoms with Crippen molar-refractivity contribution in [2.45, 2.75) is 34.2 Å². The van der Waals surface area contributed by atoms with Crippen LogP contribution >= 0.6 is 11.6 Å². The molecule has 0 aliphatic rings. The molecule has 10 nitrogen and oxygen atoms in total. The summed E-state index contributed by atoms with van der Waals surface area (Å²) in [5.41, 5.74) is 0. The predicted octanol–water partition coefficient (Wildman–Crippen LogP) is 2.03. The van der Waals surface area contributed by atoms with Crippen molar-refractivity contribution < 1.29 is 0 Å². The molecular formula is C15H25ClN10. The molecule has 2 aromatic heterocycles. The van der Waals surface area contributed by atoms with E-state index in [0.717, 1.165) is 19.6 Å². The summed E-state index contributed by atoms with van der Waals surface area (Å²) in [7, 11) is 0. The Labute approximate surface area is 158 Å². The van der Waals surface area contributed by atoms with E-state index in [1.165, 1.54) is 0 Å². The van der Waals surface area contributed by atoms with E-state index in [9.17, 15) is 0 Å². The molecule has 142 valence electrons. The molecule has 0 radical (unpaired) electrons. The third-order valence-electron chi connectivity index (χ3n) is 3.40. The van der Waals surface area contributed by atoms with Crippen LogP contribution in [0.25, 0.3) is 0 Å². The summed E-state index contributed by atoms with van der Waals surface area (Å²) in [6.45, 7) is 11.4. The number of aromatic nitrogens is 6. The quantitative estimate of drug-likeness (QED) is 0.565. The van der Waals surface area contributed by atoms with Gasteiger partial charge in [0.2, 0.25) is 29.1 Å². The number of rotatable bonds is 10. The third-order valence-corrected chi connectivity index (χ3v) is 3.57. The normalized spacial score (nSPS) is 10.5. The standard InChI is InChI=1S/C15H25ClN10/c1-5-17-12-20-10(21-15(25-12)26(7-3)8-4)9-19-14-23-11(16)22-13(24-14)18-6-2/h5-9H2,1-4H3,(H,17,20,21,25)(H2,18,19,22,23,24). The highest BCUT2D eigenvalue weighted by Crippen LogP contribution is 2.13. The first-order chi connectivity index (χ1) is 12.6. The van der Waals surface area contributed by atoms with Crippen LogP contribution in [0.2, 0.25) is 5.28 Å². The maximum absolute atomic E-state index is 5.94. The Morgan fingerprint density at radius 3 is 1.88 bits per heavy atom. The van der Waals surface area contributed by atoms with Gasteiger partial charge in [0.15, 0.2) is 5.82 Å². The number of halogens is 1. The van der Waals surface area contributed by atoms with Gasteiger partial charge in [-0.3, -0.25) is 0 Å². The molecule has 3 N–H and O–H groups in total. The van der Waals surface area contributed by atoms with Crippen LogP contribution in [0.5, 0.6) is 0 Å². The summed E-state index contributed by atoms with van der Waals surface area (Å²) in [5, 5.41) is 9.35. The lowest BCUT2D eigenvalue weighted by atomic mass is 10.5. The first-order valence-corrected chi connectivity index (χ1v) is 9.10. The molecule has 0 spiro atoms. The zero-order valence-corrected chi connectivity index (χ0v) is 16.3. The second kappa shape index (κ2) is 9.85. The Hall–Kier alpha value is -2.49. The van der Waals surface area contributed by atoms with Crippen LogP contribution in [0, 0.1) is 0 Å². The zero-order valence-electron chi connectivity index (χ0n) is 15.5. The minimum atomic E-state index is 0.117.